The molecule has 4 nitrogen and oxygen atoms in total. The van der Waals surface area contributed by atoms with Gasteiger partial charge in [-0.1, -0.05) is 29.3 Å². The summed E-state index contributed by atoms with van der Waals surface area (Å²) in [6.45, 7) is 0. The van der Waals surface area contributed by atoms with E-state index in [4.69, 9.17) is 23.2 Å². The Morgan fingerprint density at radius 3 is 2.78 bits per heavy atom. The highest BCUT2D eigenvalue weighted by molar-refractivity contribution is 7.00. The van der Waals surface area contributed by atoms with Gasteiger partial charge in [0.2, 0.25) is 0 Å². The van der Waals surface area contributed by atoms with Crippen LogP contribution in [-0.4, -0.2) is 13.7 Å². The molecule has 7 heteroatoms. The number of hydrogen-bond donors (Lipinski definition) is 1. The molecule has 1 aromatic carbocycles. The maximum atomic E-state index is 6.16. The highest BCUT2D eigenvalue weighted by Gasteiger charge is 2.10. The number of nitrogens with one attached hydrogen (secondary N) is 1. The summed E-state index contributed by atoms with van der Waals surface area (Å²) >= 11 is 13.1. The Hall–Kier alpha value is -1.43. The van der Waals surface area contributed by atoms with Crippen molar-refractivity contribution in [2.75, 3.05) is 5.32 Å². The smallest absolute Gasteiger partial charge is 0.132 e. The van der Waals surface area contributed by atoms with Gasteiger partial charge in [0.15, 0.2) is 0 Å². The third kappa shape index (κ3) is 2.12. The van der Waals surface area contributed by atoms with Crippen molar-refractivity contribution in [1.82, 2.24) is 13.7 Å². The van der Waals surface area contributed by atoms with Crippen LogP contribution in [-0.2, 0) is 0 Å². The van der Waals surface area contributed by atoms with Crippen molar-refractivity contribution in [3.63, 3.8) is 0 Å². The molecule has 0 bridgehead atoms. The molecule has 0 aliphatic rings. The quantitative estimate of drug-likeness (QED) is 0.722. The first-order chi connectivity index (χ1) is 8.74. The predicted molar refractivity (Wildman–Crippen MR) is 75.0 cm³/mol. The first-order valence-corrected chi connectivity index (χ1v) is 6.53. The number of nitrogens with zero attached hydrogens (tertiary/aromatic N) is 3. The number of halogens is 2. The lowest BCUT2D eigenvalue weighted by atomic mass is 10.2. The average Bonchev–Trinajstić information content (AvgIpc) is 2.81. The summed E-state index contributed by atoms with van der Waals surface area (Å²) in [7, 11) is 0. The molecule has 90 valence electrons. The molecule has 2 heterocycles. The van der Waals surface area contributed by atoms with Gasteiger partial charge in [-0.25, -0.2) is 4.98 Å². The van der Waals surface area contributed by atoms with Gasteiger partial charge in [-0.05, 0) is 24.3 Å². The molecular formula is C11H6Cl2N4S. The first kappa shape index (κ1) is 11.6. The molecule has 3 aromatic rings. The minimum atomic E-state index is 0.416. The molecule has 0 saturated carbocycles. The number of aromatic nitrogens is 3. The van der Waals surface area contributed by atoms with Gasteiger partial charge in [0.05, 0.1) is 22.4 Å². The monoisotopic (exact) mass is 296 g/mol. The Morgan fingerprint density at radius 2 is 1.94 bits per heavy atom. The SMILES string of the molecule is Clc1cccc(Nc2c(Cl)ccc3nsnc23)n1. The van der Waals surface area contributed by atoms with Crippen LogP contribution >= 0.6 is 34.9 Å². The molecule has 0 unspecified atom stereocenters. The van der Waals surface area contributed by atoms with Gasteiger partial charge in [-0.3, -0.25) is 0 Å². The topological polar surface area (TPSA) is 50.7 Å². The number of rotatable bonds is 2. The van der Waals surface area contributed by atoms with E-state index in [1.165, 1.54) is 0 Å². The molecule has 0 atom stereocenters. The number of fused-ring (bicyclic) bond motifs is 1. The van der Waals surface area contributed by atoms with Crippen LogP contribution in [0, 0.1) is 0 Å². The number of pyridine rings is 1. The second-order valence-electron chi connectivity index (χ2n) is 3.52. The van der Waals surface area contributed by atoms with Gasteiger partial charge in [-0.15, -0.1) is 0 Å². The largest absolute Gasteiger partial charge is 0.337 e. The van der Waals surface area contributed by atoms with Crippen molar-refractivity contribution in [1.29, 1.82) is 0 Å². The molecule has 0 aliphatic carbocycles. The Labute approximate surface area is 117 Å². The third-order valence-corrected chi connectivity index (χ3v) is 3.41. The van der Waals surface area contributed by atoms with E-state index in [1.54, 1.807) is 18.2 Å². The fourth-order valence-corrected chi connectivity index (χ4v) is 2.46. The van der Waals surface area contributed by atoms with Gasteiger partial charge in [0, 0.05) is 0 Å². The lowest BCUT2D eigenvalue weighted by molar-refractivity contribution is 1.31. The third-order valence-electron chi connectivity index (χ3n) is 2.35. The van der Waals surface area contributed by atoms with Gasteiger partial charge in [0.1, 0.15) is 22.0 Å². The van der Waals surface area contributed by atoms with Crippen LogP contribution in [0.5, 0.6) is 0 Å². The Kier molecular flexibility index (Phi) is 3.03. The van der Waals surface area contributed by atoms with Crippen LogP contribution < -0.4 is 5.32 Å². The number of anilines is 2. The fourth-order valence-electron chi connectivity index (χ4n) is 1.55. The molecular weight excluding hydrogens is 291 g/mol. The maximum absolute atomic E-state index is 6.16. The normalized spacial score (nSPS) is 10.8. The molecule has 0 spiro atoms. The molecule has 2 aromatic heterocycles. The van der Waals surface area contributed by atoms with E-state index in [1.807, 2.05) is 12.1 Å². The van der Waals surface area contributed by atoms with E-state index in [-0.39, 0.29) is 0 Å². The van der Waals surface area contributed by atoms with Crippen molar-refractivity contribution in [3.8, 4) is 0 Å². The average molecular weight is 297 g/mol. The molecule has 0 saturated heterocycles. The molecule has 1 N–H and O–H groups in total. The zero-order valence-corrected chi connectivity index (χ0v) is 11.2. The van der Waals surface area contributed by atoms with Crippen molar-refractivity contribution < 1.29 is 0 Å². The highest BCUT2D eigenvalue weighted by atomic mass is 35.5. The standard InChI is InChI=1S/C11H6Cl2N4S/c12-6-4-5-7-11(17-18-16-7)10(6)15-9-3-1-2-8(13)14-9/h1-5H,(H,14,15). The minimum Gasteiger partial charge on any atom is -0.337 e. The second-order valence-corrected chi connectivity index (χ2v) is 4.85. The lowest BCUT2D eigenvalue weighted by Crippen LogP contribution is -1.95. The van der Waals surface area contributed by atoms with E-state index in [2.05, 4.69) is 19.0 Å². The van der Waals surface area contributed by atoms with Crippen molar-refractivity contribution in [2.24, 2.45) is 0 Å². The summed E-state index contributed by atoms with van der Waals surface area (Å²) in [4.78, 5) is 4.15. The van der Waals surface area contributed by atoms with E-state index in [0.29, 0.717) is 21.7 Å². The van der Waals surface area contributed by atoms with E-state index >= 15 is 0 Å². The molecule has 0 fully saturated rings. The van der Waals surface area contributed by atoms with Crippen LogP contribution in [0.1, 0.15) is 0 Å². The summed E-state index contributed by atoms with van der Waals surface area (Å²) < 4.78 is 8.39. The second kappa shape index (κ2) is 4.68. The molecule has 18 heavy (non-hydrogen) atoms. The zero-order chi connectivity index (χ0) is 12.5. The van der Waals surface area contributed by atoms with Crippen LogP contribution in [0.25, 0.3) is 11.0 Å². The molecule has 0 aliphatic heterocycles. The van der Waals surface area contributed by atoms with Gasteiger partial charge < -0.3 is 5.32 Å². The summed E-state index contributed by atoms with van der Waals surface area (Å²) in [5.74, 6) is 0.616. The zero-order valence-electron chi connectivity index (χ0n) is 8.89. The van der Waals surface area contributed by atoms with E-state index in [9.17, 15) is 0 Å². The Bertz CT molecular complexity index is 713. The van der Waals surface area contributed by atoms with Crippen LogP contribution in [0.4, 0.5) is 11.5 Å². The minimum absolute atomic E-state index is 0.416. The lowest BCUT2D eigenvalue weighted by Gasteiger charge is -2.07. The molecule has 3 rings (SSSR count). The summed E-state index contributed by atoms with van der Waals surface area (Å²) in [5, 5.41) is 4.10. The maximum Gasteiger partial charge on any atom is 0.132 e. The molecule has 0 amide bonds. The summed E-state index contributed by atoms with van der Waals surface area (Å²) in [6.07, 6.45) is 0. The van der Waals surface area contributed by atoms with E-state index < -0.39 is 0 Å². The molecule has 0 radical (unpaired) electrons. The fraction of sp³-hybridized carbons (Fsp3) is 0. The van der Waals surface area contributed by atoms with Gasteiger partial charge >= 0.3 is 0 Å². The Morgan fingerprint density at radius 1 is 1.06 bits per heavy atom. The van der Waals surface area contributed by atoms with Crippen molar-refractivity contribution in [2.45, 2.75) is 0 Å². The van der Waals surface area contributed by atoms with E-state index in [0.717, 1.165) is 22.8 Å². The first-order valence-electron chi connectivity index (χ1n) is 5.04. The van der Waals surface area contributed by atoms with Crippen LogP contribution in [0.15, 0.2) is 30.3 Å². The van der Waals surface area contributed by atoms with Gasteiger partial charge in [0.25, 0.3) is 0 Å². The Balaban J connectivity index is 2.09. The summed E-state index contributed by atoms with van der Waals surface area (Å²) in [5.41, 5.74) is 2.22. The number of benzene rings is 1. The van der Waals surface area contributed by atoms with Crippen LogP contribution in [0.2, 0.25) is 10.2 Å². The van der Waals surface area contributed by atoms with Crippen molar-refractivity contribution >= 4 is 57.5 Å². The van der Waals surface area contributed by atoms with Gasteiger partial charge in [-0.2, -0.15) is 8.75 Å². The number of hydrogen-bond acceptors (Lipinski definition) is 5. The van der Waals surface area contributed by atoms with Crippen molar-refractivity contribution in [3.05, 3.63) is 40.5 Å². The van der Waals surface area contributed by atoms with Crippen LogP contribution in [0.3, 0.4) is 0 Å². The summed E-state index contributed by atoms with van der Waals surface area (Å²) in [6, 6.07) is 8.93. The predicted octanol–water partition coefficient (Wildman–Crippen LogP) is 4.14. The highest BCUT2D eigenvalue weighted by Crippen LogP contribution is 2.32.